The van der Waals surface area contributed by atoms with Gasteiger partial charge >= 0.3 is 0 Å². The summed E-state index contributed by atoms with van der Waals surface area (Å²) < 4.78 is 11.3. The number of carbonyl (C=O) groups is 1. The van der Waals surface area contributed by atoms with Gasteiger partial charge in [0.05, 0.1) is 6.61 Å². The van der Waals surface area contributed by atoms with Gasteiger partial charge in [-0.3, -0.25) is 4.79 Å². The average Bonchev–Trinajstić information content (AvgIpc) is 2.58. The number of hydrogen-bond acceptors (Lipinski definition) is 3. The van der Waals surface area contributed by atoms with Crippen LogP contribution >= 0.6 is 11.6 Å². The quantitative estimate of drug-likeness (QED) is 0.793. The summed E-state index contributed by atoms with van der Waals surface area (Å²) in [6, 6.07) is 11.3. The van der Waals surface area contributed by atoms with Crippen LogP contribution in [0.25, 0.3) is 0 Å². The molecular formula is C20H24ClNO3. The van der Waals surface area contributed by atoms with Gasteiger partial charge < -0.3 is 14.8 Å². The Morgan fingerprint density at radius 2 is 1.84 bits per heavy atom. The van der Waals surface area contributed by atoms with E-state index in [1.54, 1.807) is 6.92 Å². The number of benzene rings is 2. The summed E-state index contributed by atoms with van der Waals surface area (Å²) in [6.07, 6.45) is -0.612. The lowest BCUT2D eigenvalue weighted by atomic mass is 10.1. The van der Waals surface area contributed by atoms with Gasteiger partial charge in [-0.15, -0.1) is 0 Å². The first-order valence-electron chi connectivity index (χ1n) is 8.34. The first-order chi connectivity index (χ1) is 11.9. The zero-order valence-electron chi connectivity index (χ0n) is 15.1. The summed E-state index contributed by atoms with van der Waals surface area (Å²) in [7, 11) is 0. The summed E-state index contributed by atoms with van der Waals surface area (Å²) in [4.78, 5) is 12.3. The van der Waals surface area contributed by atoms with E-state index in [-0.39, 0.29) is 5.91 Å². The van der Waals surface area contributed by atoms with Gasteiger partial charge in [0.15, 0.2) is 6.10 Å². The lowest BCUT2D eigenvalue weighted by molar-refractivity contribution is -0.127. The molecule has 0 spiro atoms. The standard InChI is InChI=1S/C20H24ClNO3/c1-5-24-18-9-7-6-8-16(18)12-22-20(23)15(4)25-17-10-13(2)19(21)14(3)11-17/h6-11,15H,5,12H2,1-4H3,(H,22,23). The maximum atomic E-state index is 12.3. The number of carbonyl (C=O) groups excluding carboxylic acids is 1. The normalized spacial score (nSPS) is 11.7. The Balaban J connectivity index is 1.97. The van der Waals surface area contributed by atoms with E-state index in [1.165, 1.54) is 0 Å². The molecule has 134 valence electrons. The number of aryl methyl sites for hydroxylation is 2. The van der Waals surface area contributed by atoms with Crippen LogP contribution in [0.3, 0.4) is 0 Å². The molecule has 2 aromatic carbocycles. The molecule has 1 N–H and O–H groups in total. The molecule has 0 aliphatic rings. The highest BCUT2D eigenvalue weighted by atomic mass is 35.5. The first kappa shape index (κ1) is 19.1. The van der Waals surface area contributed by atoms with Gasteiger partial charge in [-0.05, 0) is 57.0 Å². The van der Waals surface area contributed by atoms with Crippen LogP contribution in [0.4, 0.5) is 0 Å². The van der Waals surface area contributed by atoms with E-state index in [2.05, 4.69) is 5.32 Å². The van der Waals surface area contributed by atoms with Gasteiger partial charge in [0, 0.05) is 17.1 Å². The lowest BCUT2D eigenvalue weighted by Gasteiger charge is -2.17. The monoisotopic (exact) mass is 361 g/mol. The molecule has 1 amide bonds. The summed E-state index contributed by atoms with van der Waals surface area (Å²) >= 11 is 6.16. The van der Waals surface area contributed by atoms with Crippen molar-refractivity contribution in [2.75, 3.05) is 6.61 Å². The van der Waals surface area contributed by atoms with Crippen molar-refractivity contribution in [3.05, 3.63) is 58.1 Å². The van der Waals surface area contributed by atoms with E-state index in [0.29, 0.717) is 18.9 Å². The molecule has 25 heavy (non-hydrogen) atoms. The lowest BCUT2D eigenvalue weighted by Crippen LogP contribution is -2.36. The molecule has 5 heteroatoms. The van der Waals surface area contributed by atoms with Crippen molar-refractivity contribution < 1.29 is 14.3 Å². The number of nitrogens with one attached hydrogen (secondary N) is 1. The number of para-hydroxylation sites is 1. The van der Waals surface area contributed by atoms with Crippen molar-refractivity contribution >= 4 is 17.5 Å². The van der Waals surface area contributed by atoms with E-state index in [4.69, 9.17) is 21.1 Å². The van der Waals surface area contributed by atoms with E-state index in [1.807, 2.05) is 57.2 Å². The number of amides is 1. The molecule has 0 aliphatic heterocycles. The number of halogens is 1. The topological polar surface area (TPSA) is 47.6 Å². The van der Waals surface area contributed by atoms with Crippen molar-refractivity contribution in [2.45, 2.75) is 40.3 Å². The van der Waals surface area contributed by atoms with Crippen LogP contribution in [0.15, 0.2) is 36.4 Å². The number of hydrogen-bond donors (Lipinski definition) is 1. The summed E-state index contributed by atoms with van der Waals surface area (Å²) in [5.74, 6) is 1.23. The SMILES string of the molecule is CCOc1ccccc1CNC(=O)C(C)Oc1cc(C)c(Cl)c(C)c1. The van der Waals surface area contributed by atoms with Gasteiger partial charge in [0.2, 0.25) is 0 Å². The smallest absolute Gasteiger partial charge is 0.261 e. The highest BCUT2D eigenvalue weighted by molar-refractivity contribution is 6.32. The Morgan fingerprint density at radius 3 is 2.48 bits per heavy atom. The second-order valence-corrected chi connectivity index (χ2v) is 6.27. The molecule has 0 aromatic heterocycles. The maximum absolute atomic E-state index is 12.3. The Hall–Kier alpha value is -2.20. The predicted octanol–water partition coefficient (Wildman–Crippen LogP) is 4.44. The highest BCUT2D eigenvalue weighted by Gasteiger charge is 2.16. The summed E-state index contributed by atoms with van der Waals surface area (Å²) in [6.45, 7) is 8.46. The van der Waals surface area contributed by atoms with Crippen molar-refractivity contribution in [3.63, 3.8) is 0 Å². The Morgan fingerprint density at radius 1 is 1.20 bits per heavy atom. The van der Waals surface area contributed by atoms with Crippen molar-refractivity contribution in [3.8, 4) is 11.5 Å². The van der Waals surface area contributed by atoms with E-state index in [0.717, 1.165) is 27.5 Å². The summed E-state index contributed by atoms with van der Waals surface area (Å²) in [5, 5.41) is 3.61. The minimum absolute atomic E-state index is 0.184. The molecule has 0 radical (unpaired) electrons. The van der Waals surface area contributed by atoms with Crippen LogP contribution in [0.2, 0.25) is 5.02 Å². The fourth-order valence-electron chi connectivity index (χ4n) is 2.50. The average molecular weight is 362 g/mol. The van der Waals surface area contributed by atoms with Crippen molar-refractivity contribution in [1.29, 1.82) is 0 Å². The van der Waals surface area contributed by atoms with Gasteiger partial charge in [0.1, 0.15) is 11.5 Å². The molecule has 4 nitrogen and oxygen atoms in total. The van der Waals surface area contributed by atoms with E-state index >= 15 is 0 Å². The van der Waals surface area contributed by atoms with E-state index in [9.17, 15) is 4.79 Å². The number of ether oxygens (including phenoxy) is 2. The second-order valence-electron chi connectivity index (χ2n) is 5.89. The second kappa shape index (κ2) is 8.77. The fraction of sp³-hybridized carbons (Fsp3) is 0.350. The fourth-order valence-corrected chi connectivity index (χ4v) is 2.61. The molecule has 1 unspecified atom stereocenters. The van der Waals surface area contributed by atoms with Gasteiger partial charge in [-0.1, -0.05) is 29.8 Å². The molecule has 0 fully saturated rings. The Labute approximate surface area is 154 Å². The molecule has 2 aromatic rings. The zero-order chi connectivity index (χ0) is 18.4. The minimum atomic E-state index is -0.612. The van der Waals surface area contributed by atoms with Crippen LogP contribution in [0.5, 0.6) is 11.5 Å². The van der Waals surface area contributed by atoms with Crippen LogP contribution in [0.1, 0.15) is 30.5 Å². The molecule has 0 bridgehead atoms. The zero-order valence-corrected chi connectivity index (χ0v) is 15.8. The Bertz CT molecular complexity index is 722. The Kier molecular flexibility index (Phi) is 6.71. The third kappa shape index (κ3) is 5.13. The molecule has 0 heterocycles. The molecule has 0 saturated heterocycles. The molecule has 0 aliphatic carbocycles. The van der Waals surface area contributed by atoms with E-state index < -0.39 is 6.10 Å². The van der Waals surface area contributed by atoms with Crippen molar-refractivity contribution in [1.82, 2.24) is 5.32 Å². The third-order valence-corrected chi connectivity index (χ3v) is 4.41. The van der Waals surface area contributed by atoms with Crippen molar-refractivity contribution in [2.24, 2.45) is 0 Å². The number of rotatable bonds is 7. The maximum Gasteiger partial charge on any atom is 0.261 e. The van der Waals surface area contributed by atoms with Crippen LogP contribution in [-0.4, -0.2) is 18.6 Å². The highest BCUT2D eigenvalue weighted by Crippen LogP contribution is 2.26. The molecule has 2 rings (SSSR count). The molecule has 0 saturated carbocycles. The summed E-state index contributed by atoms with van der Waals surface area (Å²) in [5.41, 5.74) is 2.79. The predicted molar refractivity (Wildman–Crippen MR) is 100 cm³/mol. The minimum Gasteiger partial charge on any atom is -0.494 e. The molecule has 1 atom stereocenters. The largest absolute Gasteiger partial charge is 0.494 e. The van der Waals surface area contributed by atoms with Crippen LogP contribution in [0, 0.1) is 13.8 Å². The van der Waals surface area contributed by atoms with Gasteiger partial charge in [-0.25, -0.2) is 0 Å². The van der Waals surface area contributed by atoms with Crippen LogP contribution < -0.4 is 14.8 Å². The molecular weight excluding hydrogens is 338 g/mol. The van der Waals surface area contributed by atoms with Gasteiger partial charge in [-0.2, -0.15) is 0 Å². The van der Waals surface area contributed by atoms with Crippen LogP contribution in [-0.2, 0) is 11.3 Å². The third-order valence-electron chi connectivity index (χ3n) is 3.82. The first-order valence-corrected chi connectivity index (χ1v) is 8.72. The van der Waals surface area contributed by atoms with Gasteiger partial charge in [0.25, 0.3) is 5.91 Å².